The van der Waals surface area contributed by atoms with Gasteiger partial charge in [-0.1, -0.05) is 23.8 Å². The molecule has 33 heavy (non-hydrogen) atoms. The van der Waals surface area contributed by atoms with E-state index < -0.39 is 10.0 Å². The average molecular weight is 469 g/mol. The van der Waals surface area contributed by atoms with Crippen molar-refractivity contribution in [2.24, 2.45) is 0 Å². The number of aromatic nitrogens is 2. The number of hydrogen-bond donors (Lipinski definition) is 0. The van der Waals surface area contributed by atoms with Gasteiger partial charge in [0.15, 0.2) is 11.5 Å². The van der Waals surface area contributed by atoms with Crippen molar-refractivity contribution in [1.82, 2.24) is 14.3 Å². The highest BCUT2D eigenvalue weighted by Gasteiger charge is 2.34. The predicted molar refractivity (Wildman–Crippen MR) is 127 cm³/mol. The zero-order valence-electron chi connectivity index (χ0n) is 19.2. The molecular formula is C24H28N4O4S. The van der Waals surface area contributed by atoms with Crippen LogP contribution in [0.25, 0.3) is 0 Å². The fraction of sp³-hybridized carbons (Fsp3) is 0.333. The Morgan fingerprint density at radius 1 is 0.939 bits per heavy atom. The number of hydrogen-bond acceptors (Lipinski definition) is 7. The number of sulfonamides is 1. The third-order valence-corrected chi connectivity index (χ3v) is 7.71. The Kier molecular flexibility index (Phi) is 6.53. The summed E-state index contributed by atoms with van der Waals surface area (Å²) < 4.78 is 39.2. The molecule has 1 atom stereocenters. The lowest BCUT2D eigenvalue weighted by molar-refractivity contribution is 0.305. The number of methoxy groups -OCH3 is 1. The molecule has 0 spiro atoms. The van der Waals surface area contributed by atoms with E-state index in [1.165, 1.54) is 6.33 Å². The summed E-state index contributed by atoms with van der Waals surface area (Å²) in [6.45, 7) is 7.22. The summed E-state index contributed by atoms with van der Waals surface area (Å²) in [5, 5.41) is 0. The number of anilines is 1. The van der Waals surface area contributed by atoms with Gasteiger partial charge in [-0.25, -0.2) is 18.4 Å². The third kappa shape index (κ3) is 4.94. The highest BCUT2D eigenvalue weighted by molar-refractivity contribution is 7.89. The van der Waals surface area contributed by atoms with Crippen molar-refractivity contribution < 1.29 is 17.9 Å². The molecule has 1 aliphatic heterocycles. The summed E-state index contributed by atoms with van der Waals surface area (Å²) >= 11 is 0. The van der Waals surface area contributed by atoms with Gasteiger partial charge in [0, 0.05) is 31.7 Å². The first-order valence-electron chi connectivity index (χ1n) is 10.8. The average Bonchev–Trinajstić information content (AvgIpc) is 2.80. The van der Waals surface area contributed by atoms with Crippen LogP contribution in [0.15, 0.2) is 59.8 Å². The predicted octanol–water partition coefficient (Wildman–Crippen LogP) is 3.79. The van der Waals surface area contributed by atoms with Crippen LogP contribution in [0.1, 0.15) is 18.1 Å². The second-order valence-electron chi connectivity index (χ2n) is 8.19. The fourth-order valence-corrected chi connectivity index (χ4v) is 5.50. The Hall–Kier alpha value is -3.17. The first kappa shape index (κ1) is 23.0. The van der Waals surface area contributed by atoms with E-state index in [9.17, 15) is 8.42 Å². The van der Waals surface area contributed by atoms with Crippen LogP contribution < -0.4 is 14.4 Å². The number of aryl methyl sites for hydroxylation is 2. The van der Waals surface area contributed by atoms with Gasteiger partial charge in [0.2, 0.25) is 15.9 Å². The lowest BCUT2D eigenvalue weighted by Crippen LogP contribution is -2.54. The maximum Gasteiger partial charge on any atom is 0.243 e. The smallest absolute Gasteiger partial charge is 0.243 e. The molecule has 2 heterocycles. The molecule has 8 nitrogen and oxygen atoms in total. The van der Waals surface area contributed by atoms with E-state index in [0.717, 1.165) is 11.1 Å². The molecule has 3 aromatic rings. The Labute approximate surface area is 194 Å². The second-order valence-corrected chi connectivity index (χ2v) is 10.1. The van der Waals surface area contributed by atoms with Crippen LogP contribution in [0.4, 0.5) is 5.82 Å². The molecule has 0 aliphatic carbocycles. The molecule has 0 radical (unpaired) electrons. The first-order chi connectivity index (χ1) is 15.8. The van der Waals surface area contributed by atoms with Crippen molar-refractivity contribution in [2.75, 3.05) is 31.6 Å². The summed E-state index contributed by atoms with van der Waals surface area (Å²) in [7, 11) is -1.96. The topological polar surface area (TPSA) is 84.9 Å². The molecule has 2 aromatic carbocycles. The minimum atomic E-state index is -3.56. The minimum Gasteiger partial charge on any atom is -0.493 e. The number of ether oxygens (including phenoxy) is 2. The molecule has 0 N–H and O–H groups in total. The zero-order chi connectivity index (χ0) is 23.6. The van der Waals surface area contributed by atoms with Crippen molar-refractivity contribution in [3.8, 4) is 17.4 Å². The van der Waals surface area contributed by atoms with Gasteiger partial charge in [-0.3, -0.25) is 0 Å². The fourth-order valence-electron chi connectivity index (χ4n) is 3.88. The normalized spacial score (nSPS) is 17.1. The highest BCUT2D eigenvalue weighted by atomic mass is 32.2. The van der Waals surface area contributed by atoms with Gasteiger partial charge in [0.1, 0.15) is 12.1 Å². The van der Waals surface area contributed by atoms with E-state index in [4.69, 9.17) is 9.47 Å². The van der Waals surface area contributed by atoms with Gasteiger partial charge in [0.25, 0.3) is 0 Å². The molecular weight excluding hydrogens is 440 g/mol. The molecule has 174 valence electrons. The van der Waals surface area contributed by atoms with Crippen LogP contribution in [0.3, 0.4) is 0 Å². The molecule has 1 fully saturated rings. The highest BCUT2D eigenvalue weighted by Crippen LogP contribution is 2.32. The molecule has 9 heteroatoms. The van der Waals surface area contributed by atoms with Crippen LogP contribution in [-0.4, -0.2) is 55.5 Å². The van der Waals surface area contributed by atoms with Crippen LogP contribution >= 0.6 is 0 Å². The maximum absolute atomic E-state index is 13.1. The summed E-state index contributed by atoms with van der Waals surface area (Å²) in [5.41, 5.74) is 2.09. The summed E-state index contributed by atoms with van der Waals surface area (Å²) in [5.74, 6) is 2.27. The van der Waals surface area contributed by atoms with Crippen molar-refractivity contribution >= 4 is 15.8 Å². The molecule has 4 rings (SSSR count). The van der Waals surface area contributed by atoms with Crippen LogP contribution in [0, 0.1) is 13.8 Å². The standard InChI is InChI=1S/C24H28N4O4S/c1-17-5-8-20(9-6-17)33(29,30)28-12-11-27(15-19(28)3)23-14-24(26-16-25-23)32-21-10-7-18(2)13-22(21)31-4/h5-10,13-14,16,19H,11-12,15H2,1-4H3/t19-/m0/s1. The number of benzene rings is 2. The Morgan fingerprint density at radius 3 is 2.36 bits per heavy atom. The van der Waals surface area contributed by atoms with Gasteiger partial charge in [-0.05, 0) is 50.6 Å². The Balaban J connectivity index is 1.49. The molecule has 0 unspecified atom stereocenters. The summed E-state index contributed by atoms with van der Waals surface area (Å²) in [6.07, 6.45) is 1.45. The molecule has 1 aliphatic rings. The molecule has 1 saturated heterocycles. The monoisotopic (exact) mass is 468 g/mol. The van der Waals surface area contributed by atoms with Crippen molar-refractivity contribution in [1.29, 1.82) is 0 Å². The van der Waals surface area contributed by atoms with E-state index in [1.54, 1.807) is 29.6 Å². The number of nitrogens with zero attached hydrogens (tertiary/aromatic N) is 4. The van der Waals surface area contributed by atoms with Crippen LogP contribution in [-0.2, 0) is 10.0 Å². The van der Waals surface area contributed by atoms with Crippen molar-refractivity contribution in [2.45, 2.75) is 31.7 Å². The third-order valence-electron chi connectivity index (χ3n) is 5.68. The lowest BCUT2D eigenvalue weighted by atomic mass is 10.2. The molecule has 0 saturated carbocycles. The van der Waals surface area contributed by atoms with Crippen LogP contribution in [0.5, 0.6) is 17.4 Å². The molecule has 1 aromatic heterocycles. The SMILES string of the molecule is COc1cc(C)ccc1Oc1cc(N2CCN(S(=O)(=O)c3ccc(C)cc3)[C@@H](C)C2)ncn1. The Bertz CT molecular complexity index is 1230. The van der Waals surface area contributed by atoms with Crippen molar-refractivity contribution in [3.63, 3.8) is 0 Å². The van der Waals surface area contributed by atoms with Gasteiger partial charge in [0.05, 0.1) is 12.0 Å². The van der Waals surface area contributed by atoms with Crippen molar-refractivity contribution in [3.05, 3.63) is 66.0 Å². The minimum absolute atomic E-state index is 0.221. The van der Waals surface area contributed by atoms with E-state index in [-0.39, 0.29) is 6.04 Å². The first-order valence-corrected chi connectivity index (χ1v) is 12.2. The van der Waals surface area contributed by atoms with Gasteiger partial charge >= 0.3 is 0 Å². The van der Waals surface area contributed by atoms with E-state index in [0.29, 0.717) is 47.7 Å². The van der Waals surface area contributed by atoms with E-state index in [2.05, 4.69) is 9.97 Å². The molecule has 0 bridgehead atoms. The molecule has 0 amide bonds. The number of rotatable bonds is 6. The van der Waals surface area contributed by atoms with E-state index >= 15 is 0 Å². The summed E-state index contributed by atoms with van der Waals surface area (Å²) in [4.78, 5) is 11.0. The van der Waals surface area contributed by atoms with E-state index in [1.807, 2.05) is 56.0 Å². The zero-order valence-corrected chi connectivity index (χ0v) is 20.0. The lowest BCUT2D eigenvalue weighted by Gasteiger charge is -2.39. The van der Waals surface area contributed by atoms with Gasteiger partial charge < -0.3 is 14.4 Å². The largest absolute Gasteiger partial charge is 0.493 e. The van der Waals surface area contributed by atoms with Crippen LogP contribution in [0.2, 0.25) is 0 Å². The Morgan fingerprint density at radius 2 is 1.67 bits per heavy atom. The quantitative estimate of drug-likeness (QED) is 0.544. The van der Waals surface area contributed by atoms with Gasteiger partial charge in [-0.15, -0.1) is 0 Å². The second kappa shape index (κ2) is 9.36. The van der Waals surface area contributed by atoms with Gasteiger partial charge in [-0.2, -0.15) is 4.31 Å². The summed E-state index contributed by atoms with van der Waals surface area (Å²) in [6, 6.07) is 14.2. The number of piperazine rings is 1. The maximum atomic E-state index is 13.1.